The highest BCUT2D eigenvalue weighted by Gasteiger charge is 2.07. The van der Waals surface area contributed by atoms with Crippen LogP contribution >= 0.6 is 11.6 Å². The lowest BCUT2D eigenvalue weighted by Crippen LogP contribution is -1.98. The average Bonchev–Trinajstić information content (AvgIpc) is 2.33. The number of nitrogens with zero attached hydrogens (tertiary/aromatic N) is 2. The predicted octanol–water partition coefficient (Wildman–Crippen LogP) is 3.49. The van der Waals surface area contributed by atoms with Gasteiger partial charge in [-0.15, -0.1) is 0 Å². The van der Waals surface area contributed by atoms with Crippen LogP contribution in [-0.2, 0) is 0 Å². The summed E-state index contributed by atoms with van der Waals surface area (Å²) in [4.78, 5) is 3.98. The van der Waals surface area contributed by atoms with Crippen LogP contribution in [0.15, 0.2) is 36.5 Å². The van der Waals surface area contributed by atoms with Crippen molar-refractivity contribution < 1.29 is 4.39 Å². The minimum atomic E-state index is -0.493. The second-order valence-electron chi connectivity index (χ2n) is 3.26. The van der Waals surface area contributed by atoms with E-state index in [-0.39, 0.29) is 5.69 Å². The zero-order chi connectivity index (χ0) is 12.3. The second-order valence-corrected chi connectivity index (χ2v) is 3.70. The SMILES string of the molecule is N#Cc1cccnc1Nc1ccc(Cl)cc1F. The van der Waals surface area contributed by atoms with Crippen LogP contribution in [0.2, 0.25) is 5.02 Å². The van der Waals surface area contributed by atoms with Gasteiger partial charge in [-0.2, -0.15) is 5.26 Å². The number of hydrogen-bond donors (Lipinski definition) is 1. The molecule has 1 heterocycles. The molecule has 0 aliphatic carbocycles. The highest BCUT2D eigenvalue weighted by molar-refractivity contribution is 6.30. The van der Waals surface area contributed by atoms with Crippen molar-refractivity contribution in [1.82, 2.24) is 4.98 Å². The molecule has 2 rings (SSSR count). The van der Waals surface area contributed by atoms with Gasteiger partial charge in [0, 0.05) is 11.2 Å². The minimum Gasteiger partial charge on any atom is -0.337 e. The van der Waals surface area contributed by atoms with Gasteiger partial charge in [0.25, 0.3) is 0 Å². The van der Waals surface area contributed by atoms with Gasteiger partial charge in [0.2, 0.25) is 0 Å². The van der Waals surface area contributed by atoms with E-state index in [1.807, 2.05) is 6.07 Å². The van der Waals surface area contributed by atoms with Gasteiger partial charge in [-0.05, 0) is 30.3 Å². The lowest BCUT2D eigenvalue weighted by atomic mass is 10.2. The number of nitriles is 1. The highest BCUT2D eigenvalue weighted by Crippen LogP contribution is 2.23. The van der Waals surface area contributed by atoms with Crippen LogP contribution in [0, 0.1) is 17.1 Å². The first kappa shape index (κ1) is 11.4. The highest BCUT2D eigenvalue weighted by atomic mass is 35.5. The summed E-state index contributed by atoms with van der Waals surface area (Å²) < 4.78 is 13.5. The summed E-state index contributed by atoms with van der Waals surface area (Å²) in [5, 5.41) is 11.9. The zero-order valence-corrected chi connectivity index (χ0v) is 9.37. The Labute approximate surface area is 102 Å². The van der Waals surface area contributed by atoms with E-state index in [1.54, 1.807) is 18.2 Å². The van der Waals surface area contributed by atoms with Crippen molar-refractivity contribution in [3.8, 4) is 6.07 Å². The first-order chi connectivity index (χ1) is 8.20. The van der Waals surface area contributed by atoms with Gasteiger partial charge in [-0.3, -0.25) is 0 Å². The quantitative estimate of drug-likeness (QED) is 0.884. The van der Waals surface area contributed by atoms with Gasteiger partial charge in [0.15, 0.2) is 0 Å². The van der Waals surface area contributed by atoms with Crippen molar-refractivity contribution in [3.05, 3.63) is 52.9 Å². The number of nitrogens with one attached hydrogen (secondary N) is 1. The molecule has 0 bridgehead atoms. The Morgan fingerprint density at radius 2 is 2.18 bits per heavy atom. The van der Waals surface area contributed by atoms with E-state index in [1.165, 1.54) is 18.3 Å². The van der Waals surface area contributed by atoms with Crippen molar-refractivity contribution in [2.24, 2.45) is 0 Å². The van der Waals surface area contributed by atoms with E-state index in [0.717, 1.165) is 0 Å². The summed E-state index contributed by atoms with van der Waals surface area (Å²) >= 11 is 5.64. The zero-order valence-electron chi connectivity index (χ0n) is 8.61. The van der Waals surface area contributed by atoms with Gasteiger partial charge in [-0.25, -0.2) is 9.37 Å². The Morgan fingerprint density at radius 3 is 2.88 bits per heavy atom. The van der Waals surface area contributed by atoms with Crippen LogP contribution in [0.1, 0.15) is 5.56 Å². The van der Waals surface area contributed by atoms with Gasteiger partial charge in [0.05, 0.1) is 11.3 Å². The molecular weight excluding hydrogens is 241 g/mol. The second kappa shape index (κ2) is 4.81. The number of pyridine rings is 1. The third-order valence-electron chi connectivity index (χ3n) is 2.11. The number of anilines is 2. The van der Waals surface area contributed by atoms with Crippen LogP contribution < -0.4 is 5.32 Å². The number of halogens is 2. The Bertz CT molecular complexity index is 593. The fourth-order valence-corrected chi connectivity index (χ4v) is 1.47. The molecule has 0 spiro atoms. The van der Waals surface area contributed by atoms with E-state index in [0.29, 0.717) is 16.4 Å². The van der Waals surface area contributed by atoms with Gasteiger partial charge < -0.3 is 5.32 Å². The molecule has 0 atom stereocenters. The number of hydrogen-bond acceptors (Lipinski definition) is 3. The van der Waals surface area contributed by atoms with Crippen molar-refractivity contribution >= 4 is 23.1 Å². The third-order valence-corrected chi connectivity index (χ3v) is 2.35. The van der Waals surface area contributed by atoms with Gasteiger partial charge >= 0.3 is 0 Å². The van der Waals surface area contributed by atoms with Gasteiger partial charge in [-0.1, -0.05) is 11.6 Å². The Hall–Kier alpha value is -2.12. The van der Waals surface area contributed by atoms with Crippen molar-refractivity contribution in [1.29, 1.82) is 5.26 Å². The summed E-state index contributed by atoms with van der Waals surface area (Å²) in [6.07, 6.45) is 1.52. The lowest BCUT2D eigenvalue weighted by Gasteiger charge is -2.07. The smallest absolute Gasteiger partial charge is 0.148 e. The third kappa shape index (κ3) is 2.52. The lowest BCUT2D eigenvalue weighted by molar-refractivity contribution is 0.632. The molecule has 17 heavy (non-hydrogen) atoms. The van der Waals surface area contributed by atoms with Crippen LogP contribution in [0.4, 0.5) is 15.9 Å². The number of rotatable bonds is 2. The molecule has 84 valence electrons. The van der Waals surface area contributed by atoms with Crippen molar-refractivity contribution in [3.63, 3.8) is 0 Å². The van der Waals surface area contributed by atoms with E-state index in [9.17, 15) is 4.39 Å². The number of benzene rings is 1. The van der Waals surface area contributed by atoms with Crippen LogP contribution in [0.25, 0.3) is 0 Å². The first-order valence-corrected chi connectivity index (χ1v) is 5.15. The molecule has 0 fully saturated rings. The summed E-state index contributed by atoms with van der Waals surface area (Å²) in [5.74, 6) is -0.178. The van der Waals surface area contributed by atoms with Crippen LogP contribution in [0.5, 0.6) is 0 Å². The van der Waals surface area contributed by atoms with Gasteiger partial charge in [0.1, 0.15) is 17.7 Å². The van der Waals surface area contributed by atoms with Crippen LogP contribution in [0.3, 0.4) is 0 Å². The molecule has 2 aromatic rings. The molecular formula is C12H7ClFN3. The Kier molecular flexibility index (Phi) is 3.22. The Balaban J connectivity index is 2.35. The van der Waals surface area contributed by atoms with E-state index < -0.39 is 5.82 Å². The molecule has 1 N–H and O–H groups in total. The Morgan fingerprint density at radius 1 is 1.35 bits per heavy atom. The monoisotopic (exact) mass is 247 g/mol. The van der Waals surface area contributed by atoms with E-state index in [2.05, 4.69) is 10.3 Å². The maximum atomic E-state index is 13.5. The molecule has 0 saturated carbocycles. The molecule has 1 aromatic heterocycles. The topological polar surface area (TPSA) is 48.7 Å². The summed E-state index contributed by atoms with van der Waals surface area (Å²) in [7, 11) is 0. The normalized spacial score (nSPS) is 9.71. The van der Waals surface area contributed by atoms with Crippen molar-refractivity contribution in [2.45, 2.75) is 0 Å². The first-order valence-electron chi connectivity index (χ1n) is 4.78. The van der Waals surface area contributed by atoms with Crippen molar-refractivity contribution in [2.75, 3.05) is 5.32 Å². The average molecular weight is 248 g/mol. The van der Waals surface area contributed by atoms with E-state index in [4.69, 9.17) is 16.9 Å². The largest absolute Gasteiger partial charge is 0.337 e. The standard InChI is InChI=1S/C12H7ClFN3/c13-9-3-4-11(10(14)6-9)17-12-8(7-15)2-1-5-16-12/h1-6H,(H,16,17). The predicted molar refractivity (Wildman–Crippen MR) is 63.6 cm³/mol. The minimum absolute atomic E-state index is 0.226. The number of aromatic nitrogens is 1. The fourth-order valence-electron chi connectivity index (χ4n) is 1.31. The summed E-state index contributed by atoms with van der Waals surface area (Å²) in [6, 6.07) is 9.46. The molecule has 0 radical (unpaired) electrons. The molecule has 1 aromatic carbocycles. The molecule has 5 heteroatoms. The molecule has 0 saturated heterocycles. The summed E-state index contributed by atoms with van der Waals surface area (Å²) in [5.41, 5.74) is 0.575. The maximum Gasteiger partial charge on any atom is 0.148 e. The fraction of sp³-hybridized carbons (Fsp3) is 0. The molecule has 0 unspecified atom stereocenters. The molecule has 0 aliphatic heterocycles. The maximum absolute atomic E-state index is 13.5. The molecule has 3 nitrogen and oxygen atoms in total. The molecule has 0 amide bonds. The van der Waals surface area contributed by atoms with E-state index >= 15 is 0 Å². The summed E-state index contributed by atoms with van der Waals surface area (Å²) in [6.45, 7) is 0. The van der Waals surface area contributed by atoms with Crippen LogP contribution in [-0.4, -0.2) is 4.98 Å². The molecule has 0 aliphatic rings.